The van der Waals surface area contributed by atoms with Crippen LogP contribution in [0.1, 0.15) is 30.0 Å². The summed E-state index contributed by atoms with van der Waals surface area (Å²) in [6, 6.07) is 3.63. The fourth-order valence-corrected chi connectivity index (χ4v) is 1.29. The number of pyridine rings is 1. The van der Waals surface area contributed by atoms with Crippen LogP contribution in [0, 0.1) is 11.3 Å². The van der Waals surface area contributed by atoms with Crippen LogP contribution >= 0.6 is 0 Å². The number of nitrogens with zero attached hydrogens (tertiary/aromatic N) is 3. The number of isocyanates is 1. The molecule has 1 aliphatic rings. The van der Waals surface area contributed by atoms with Crippen molar-refractivity contribution in [1.29, 1.82) is 5.26 Å². The Bertz CT molecular complexity index is 451. The molecule has 0 saturated heterocycles. The molecule has 1 aromatic heterocycles. The molecule has 0 unspecified atom stereocenters. The highest BCUT2D eigenvalue weighted by Gasteiger charge is 2.25. The summed E-state index contributed by atoms with van der Waals surface area (Å²) in [6.07, 6.45) is 5.16. The van der Waals surface area contributed by atoms with Crippen molar-refractivity contribution in [1.82, 2.24) is 4.98 Å². The van der Waals surface area contributed by atoms with Gasteiger partial charge in [-0.05, 0) is 18.9 Å². The lowest BCUT2D eigenvalue weighted by molar-refractivity contribution is 0.565. The van der Waals surface area contributed by atoms with Crippen LogP contribution in [0.3, 0.4) is 0 Å². The van der Waals surface area contributed by atoms with Crippen LogP contribution in [-0.2, 0) is 4.79 Å². The van der Waals surface area contributed by atoms with Gasteiger partial charge >= 0.3 is 0 Å². The Hall–Kier alpha value is -1.98. The second-order valence-electron chi connectivity index (χ2n) is 3.22. The third-order valence-corrected chi connectivity index (χ3v) is 2.19. The molecule has 0 N–H and O–H groups in total. The van der Waals surface area contributed by atoms with Crippen LogP contribution in [0.2, 0.25) is 0 Å². The summed E-state index contributed by atoms with van der Waals surface area (Å²) in [5, 5.41) is 8.71. The van der Waals surface area contributed by atoms with Gasteiger partial charge in [-0.15, -0.1) is 0 Å². The van der Waals surface area contributed by atoms with Crippen molar-refractivity contribution in [3.63, 3.8) is 0 Å². The van der Waals surface area contributed by atoms with Gasteiger partial charge in [0, 0.05) is 17.8 Å². The Labute approximate surface area is 80.9 Å². The third-order valence-electron chi connectivity index (χ3n) is 2.19. The predicted molar refractivity (Wildman–Crippen MR) is 48.7 cm³/mol. The molecule has 1 aromatic rings. The van der Waals surface area contributed by atoms with Gasteiger partial charge in [-0.3, -0.25) is 4.98 Å². The van der Waals surface area contributed by atoms with Crippen molar-refractivity contribution in [2.24, 2.45) is 4.99 Å². The number of aliphatic imine (C=N–C) groups is 1. The SMILES string of the molecule is N#Cc1cnc(C2CC2)cc1N=C=O. The molecule has 0 spiro atoms. The molecule has 0 aromatic carbocycles. The second kappa shape index (κ2) is 3.41. The van der Waals surface area contributed by atoms with E-state index in [2.05, 4.69) is 9.98 Å². The monoisotopic (exact) mass is 185 g/mol. The first kappa shape index (κ1) is 8.61. The van der Waals surface area contributed by atoms with Crippen molar-refractivity contribution in [2.75, 3.05) is 0 Å². The Morgan fingerprint density at radius 2 is 2.36 bits per heavy atom. The maximum absolute atomic E-state index is 10.1. The zero-order valence-corrected chi connectivity index (χ0v) is 7.40. The minimum absolute atomic E-state index is 0.317. The molecular formula is C10H7N3O. The molecule has 0 atom stereocenters. The molecule has 1 fully saturated rings. The lowest BCUT2D eigenvalue weighted by Crippen LogP contribution is -1.87. The van der Waals surface area contributed by atoms with Crippen LogP contribution in [0.4, 0.5) is 5.69 Å². The first-order valence-electron chi connectivity index (χ1n) is 4.33. The highest BCUT2D eigenvalue weighted by atomic mass is 16.1. The van der Waals surface area contributed by atoms with Gasteiger partial charge in [0.1, 0.15) is 6.07 Å². The van der Waals surface area contributed by atoms with Crippen LogP contribution < -0.4 is 0 Å². The van der Waals surface area contributed by atoms with Crippen molar-refractivity contribution >= 4 is 11.8 Å². The van der Waals surface area contributed by atoms with Crippen LogP contribution in [0.25, 0.3) is 0 Å². The highest BCUT2D eigenvalue weighted by molar-refractivity contribution is 5.58. The fraction of sp³-hybridized carbons (Fsp3) is 0.300. The molecule has 0 amide bonds. The molecule has 4 heteroatoms. The second-order valence-corrected chi connectivity index (χ2v) is 3.22. The summed E-state index contributed by atoms with van der Waals surface area (Å²) in [5.41, 5.74) is 1.61. The van der Waals surface area contributed by atoms with Crippen molar-refractivity contribution in [3.8, 4) is 6.07 Å². The Kier molecular flexibility index (Phi) is 2.10. The van der Waals surface area contributed by atoms with E-state index in [1.807, 2.05) is 6.07 Å². The summed E-state index contributed by atoms with van der Waals surface area (Å²) in [6.45, 7) is 0. The first-order valence-corrected chi connectivity index (χ1v) is 4.33. The minimum atomic E-state index is 0.317. The standard InChI is InChI=1S/C10H7N3O/c11-4-8-5-12-9(7-1-2-7)3-10(8)13-6-14/h3,5,7H,1-2H2. The molecule has 1 heterocycles. The molecule has 0 aliphatic heterocycles. The van der Waals surface area contributed by atoms with Crippen LogP contribution in [0.5, 0.6) is 0 Å². The molecule has 0 bridgehead atoms. The number of nitriles is 1. The molecule has 1 aliphatic carbocycles. The van der Waals surface area contributed by atoms with E-state index in [4.69, 9.17) is 5.26 Å². The van der Waals surface area contributed by atoms with Crippen LogP contribution in [-0.4, -0.2) is 11.1 Å². The van der Waals surface area contributed by atoms with Gasteiger partial charge in [-0.25, -0.2) is 4.79 Å². The molecular weight excluding hydrogens is 178 g/mol. The normalized spacial score (nSPS) is 14.2. The lowest BCUT2D eigenvalue weighted by atomic mass is 10.2. The van der Waals surface area contributed by atoms with Gasteiger partial charge in [-0.1, -0.05) is 0 Å². The van der Waals surface area contributed by atoms with E-state index < -0.39 is 0 Å². The average Bonchev–Trinajstić information content (AvgIpc) is 3.01. The predicted octanol–water partition coefficient (Wildman–Crippen LogP) is 1.80. The van der Waals surface area contributed by atoms with Crippen molar-refractivity contribution < 1.29 is 4.79 Å². The minimum Gasteiger partial charge on any atom is -0.259 e. The quantitative estimate of drug-likeness (QED) is 0.521. The first-order chi connectivity index (χ1) is 6.85. The summed E-state index contributed by atoms with van der Waals surface area (Å²) in [5.74, 6) is 0.489. The van der Waals surface area contributed by atoms with Gasteiger partial charge in [0.15, 0.2) is 0 Å². The molecule has 4 nitrogen and oxygen atoms in total. The lowest BCUT2D eigenvalue weighted by Gasteiger charge is -1.99. The number of aromatic nitrogens is 1. The zero-order valence-electron chi connectivity index (χ0n) is 7.40. The maximum atomic E-state index is 10.1. The molecule has 14 heavy (non-hydrogen) atoms. The van der Waals surface area contributed by atoms with E-state index in [1.54, 1.807) is 6.07 Å². The summed E-state index contributed by atoms with van der Waals surface area (Å²) in [7, 11) is 0. The zero-order chi connectivity index (χ0) is 9.97. The van der Waals surface area contributed by atoms with E-state index in [1.165, 1.54) is 12.3 Å². The Morgan fingerprint density at radius 1 is 1.57 bits per heavy atom. The van der Waals surface area contributed by atoms with E-state index in [-0.39, 0.29) is 0 Å². The number of hydrogen-bond donors (Lipinski definition) is 0. The number of rotatable bonds is 2. The van der Waals surface area contributed by atoms with Crippen molar-refractivity contribution in [2.45, 2.75) is 18.8 Å². The van der Waals surface area contributed by atoms with E-state index in [9.17, 15) is 4.79 Å². The number of carbonyl (C=O) groups excluding carboxylic acids is 1. The molecule has 1 saturated carbocycles. The van der Waals surface area contributed by atoms with Gasteiger partial charge in [-0.2, -0.15) is 10.3 Å². The number of hydrogen-bond acceptors (Lipinski definition) is 4. The summed E-state index contributed by atoms with van der Waals surface area (Å²) in [4.78, 5) is 17.7. The van der Waals surface area contributed by atoms with E-state index in [0.29, 0.717) is 17.2 Å². The van der Waals surface area contributed by atoms with E-state index in [0.717, 1.165) is 18.5 Å². The van der Waals surface area contributed by atoms with Gasteiger partial charge in [0.05, 0.1) is 11.3 Å². The molecule has 68 valence electrons. The highest BCUT2D eigenvalue weighted by Crippen LogP contribution is 2.40. The van der Waals surface area contributed by atoms with Gasteiger partial charge in [0.25, 0.3) is 0 Å². The molecule has 0 radical (unpaired) electrons. The Balaban J connectivity index is 2.46. The van der Waals surface area contributed by atoms with Crippen molar-refractivity contribution in [3.05, 3.63) is 23.5 Å². The van der Waals surface area contributed by atoms with Gasteiger partial charge in [0.2, 0.25) is 6.08 Å². The topological polar surface area (TPSA) is 66.1 Å². The largest absolute Gasteiger partial charge is 0.259 e. The van der Waals surface area contributed by atoms with E-state index >= 15 is 0 Å². The smallest absolute Gasteiger partial charge is 0.240 e. The fourth-order valence-electron chi connectivity index (χ4n) is 1.29. The third kappa shape index (κ3) is 1.54. The average molecular weight is 185 g/mol. The summed E-state index contributed by atoms with van der Waals surface area (Å²) >= 11 is 0. The maximum Gasteiger partial charge on any atom is 0.240 e. The van der Waals surface area contributed by atoms with Crippen LogP contribution in [0.15, 0.2) is 17.3 Å². The van der Waals surface area contributed by atoms with Gasteiger partial charge < -0.3 is 0 Å². The molecule has 2 rings (SSSR count). The Morgan fingerprint density at radius 3 is 2.93 bits per heavy atom. The summed E-state index contributed by atoms with van der Waals surface area (Å²) < 4.78 is 0.